The highest BCUT2D eigenvalue weighted by atomic mass is 16.4. The van der Waals surface area contributed by atoms with Gasteiger partial charge in [0.2, 0.25) is 0 Å². The summed E-state index contributed by atoms with van der Waals surface area (Å²) in [6.45, 7) is 1.98. The second-order valence-corrected chi connectivity index (χ2v) is 4.52. The van der Waals surface area contributed by atoms with E-state index < -0.39 is 0 Å². The maximum Gasteiger partial charge on any atom is 0.318 e. The Hall–Kier alpha value is -2.04. The van der Waals surface area contributed by atoms with Crippen molar-refractivity contribution in [1.29, 1.82) is 0 Å². The number of aromatic nitrogens is 2. The summed E-state index contributed by atoms with van der Waals surface area (Å²) in [6, 6.07) is 8.13. The van der Waals surface area contributed by atoms with Crippen LogP contribution in [0.4, 0.5) is 11.7 Å². The van der Waals surface area contributed by atoms with Crippen molar-refractivity contribution in [3.63, 3.8) is 0 Å². The standard InChI is InChI=1S/C13H16N4O/c14-11-7-3-2-6-10(11)12-15-16-13(18-12)17-8-4-1-5-9-17/h2-3,6-7H,1,4-5,8-9,14H2. The van der Waals surface area contributed by atoms with E-state index in [0.29, 0.717) is 17.6 Å². The van der Waals surface area contributed by atoms with Crippen LogP contribution < -0.4 is 10.6 Å². The molecule has 2 heterocycles. The number of piperidine rings is 1. The summed E-state index contributed by atoms with van der Waals surface area (Å²) in [6.07, 6.45) is 3.65. The van der Waals surface area contributed by atoms with Crippen LogP contribution in [0.1, 0.15) is 19.3 Å². The molecule has 18 heavy (non-hydrogen) atoms. The molecule has 0 atom stereocenters. The van der Waals surface area contributed by atoms with E-state index in [1.807, 2.05) is 24.3 Å². The number of rotatable bonds is 2. The van der Waals surface area contributed by atoms with Crippen LogP contribution in [0.25, 0.3) is 11.5 Å². The molecule has 2 N–H and O–H groups in total. The molecule has 0 spiro atoms. The van der Waals surface area contributed by atoms with E-state index in [4.69, 9.17) is 10.2 Å². The molecule has 94 valence electrons. The van der Waals surface area contributed by atoms with Gasteiger partial charge in [-0.05, 0) is 31.4 Å². The minimum Gasteiger partial charge on any atom is -0.403 e. The first-order chi connectivity index (χ1) is 8.84. The van der Waals surface area contributed by atoms with Gasteiger partial charge in [0.15, 0.2) is 0 Å². The third-order valence-corrected chi connectivity index (χ3v) is 3.23. The third kappa shape index (κ3) is 2.03. The second kappa shape index (κ2) is 4.68. The summed E-state index contributed by atoms with van der Waals surface area (Å²) in [5.41, 5.74) is 7.36. The van der Waals surface area contributed by atoms with Gasteiger partial charge in [0.1, 0.15) is 0 Å². The SMILES string of the molecule is Nc1ccccc1-c1nnc(N2CCCCC2)o1. The monoisotopic (exact) mass is 244 g/mol. The maximum absolute atomic E-state index is 5.90. The van der Waals surface area contributed by atoms with Crippen molar-refractivity contribution in [2.45, 2.75) is 19.3 Å². The molecule has 2 aromatic rings. The Morgan fingerprint density at radius 2 is 1.83 bits per heavy atom. The largest absolute Gasteiger partial charge is 0.403 e. The van der Waals surface area contributed by atoms with Gasteiger partial charge in [-0.15, -0.1) is 5.10 Å². The van der Waals surface area contributed by atoms with Gasteiger partial charge in [0.05, 0.1) is 5.56 Å². The van der Waals surface area contributed by atoms with Gasteiger partial charge in [0, 0.05) is 18.8 Å². The van der Waals surface area contributed by atoms with Crippen LogP contribution in [0.2, 0.25) is 0 Å². The van der Waals surface area contributed by atoms with Gasteiger partial charge < -0.3 is 15.1 Å². The van der Waals surface area contributed by atoms with E-state index in [0.717, 1.165) is 18.7 Å². The van der Waals surface area contributed by atoms with E-state index in [-0.39, 0.29) is 0 Å². The molecule has 1 aliphatic heterocycles. The topological polar surface area (TPSA) is 68.2 Å². The first-order valence-corrected chi connectivity index (χ1v) is 6.28. The quantitative estimate of drug-likeness (QED) is 0.821. The smallest absolute Gasteiger partial charge is 0.318 e. The third-order valence-electron chi connectivity index (χ3n) is 3.23. The van der Waals surface area contributed by atoms with Crippen molar-refractivity contribution in [2.75, 3.05) is 23.7 Å². The molecule has 0 saturated carbocycles. The Labute approximate surface area is 106 Å². The Kier molecular flexibility index (Phi) is 2.88. The lowest BCUT2D eigenvalue weighted by atomic mass is 10.1. The summed E-state index contributed by atoms with van der Waals surface area (Å²) < 4.78 is 5.71. The van der Waals surface area contributed by atoms with Gasteiger partial charge >= 0.3 is 6.01 Å². The number of nitrogen functional groups attached to an aromatic ring is 1. The molecule has 0 aliphatic carbocycles. The van der Waals surface area contributed by atoms with Crippen LogP contribution in [0.3, 0.4) is 0 Å². The number of nitrogens with two attached hydrogens (primary N) is 1. The molecule has 1 aromatic heterocycles. The Morgan fingerprint density at radius 3 is 2.61 bits per heavy atom. The van der Waals surface area contributed by atoms with E-state index in [9.17, 15) is 0 Å². The van der Waals surface area contributed by atoms with Crippen LogP contribution in [0, 0.1) is 0 Å². The molecule has 1 aromatic carbocycles. The van der Waals surface area contributed by atoms with Crippen LogP contribution in [-0.4, -0.2) is 23.3 Å². The number of nitrogens with zero attached hydrogens (tertiary/aromatic N) is 3. The van der Waals surface area contributed by atoms with Crippen molar-refractivity contribution >= 4 is 11.7 Å². The normalized spacial score (nSPS) is 15.9. The lowest BCUT2D eigenvalue weighted by molar-refractivity contribution is 0.498. The molecule has 1 fully saturated rings. The molecular weight excluding hydrogens is 228 g/mol. The van der Waals surface area contributed by atoms with Crippen LogP contribution in [0.5, 0.6) is 0 Å². The number of anilines is 2. The summed E-state index contributed by atoms with van der Waals surface area (Å²) in [4.78, 5) is 2.14. The first kappa shape index (κ1) is 11.1. The average molecular weight is 244 g/mol. The zero-order chi connectivity index (χ0) is 12.4. The lowest BCUT2D eigenvalue weighted by Gasteiger charge is -2.24. The Morgan fingerprint density at radius 1 is 1.06 bits per heavy atom. The van der Waals surface area contributed by atoms with Crippen molar-refractivity contribution in [1.82, 2.24) is 10.2 Å². The minimum atomic E-state index is 0.494. The first-order valence-electron chi connectivity index (χ1n) is 6.28. The van der Waals surface area contributed by atoms with E-state index >= 15 is 0 Å². The van der Waals surface area contributed by atoms with Crippen LogP contribution in [-0.2, 0) is 0 Å². The maximum atomic E-state index is 5.90. The summed E-state index contributed by atoms with van der Waals surface area (Å²) in [5, 5.41) is 8.20. The fourth-order valence-electron chi connectivity index (χ4n) is 2.23. The number of benzene rings is 1. The van der Waals surface area contributed by atoms with Gasteiger partial charge in [0.25, 0.3) is 5.89 Å². The summed E-state index contributed by atoms with van der Waals surface area (Å²) >= 11 is 0. The minimum absolute atomic E-state index is 0.494. The highest BCUT2D eigenvalue weighted by Crippen LogP contribution is 2.27. The van der Waals surface area contributed by atoms with Crippen LogP contribution in [0.15, 0.2) is 28.7 Å². The van der Waals surface area contributed by atoms with Crippen molar-refractivity contribution in [2.24, 2.45) is 0 Å². The van der Waals surface area contributed by atoms with E-state index in [2.05, 4.69) is 15.1 Å². The van der Waals surface area contributed by atoms with Crippen molar-refractivity contribution < 1.29 is 4.42 Å². The highest BCUT2D eigenvalue weighted by Gasteiger charge is 2.18. The average Bonchev–Trinajstić information content (AvgIpc) is 2.90. The molecule has 0 bridgehead atoms. The predicted molar refractivity (Wildman–Crippen MR) is 70.2 cm³/mol. The summed E-state index contributed by atoms with van der Waals surface area (Å²) in [7, 11) is 0. The van der Waals surface area contributed by atoms with E-state index in [1.54, 1.807) is 0 Å². The Bertz CT molecular complexity index is 531. The van der Waals surface area contributed by atoms with Gasteiger partial charge in [-0.1, -0.05) is 17.2 Å². The van der Waals surface area contributed by atoms with Gasteiger partial charge in [-0.25, -0.2) is 0 Å². The van der Waals surface area contributed by atoms with Gasteiger partial charge in [-0.2, -0.15) is 0 Å². The number of hydrogen-bond acceptors (Lipinski definition) is 5. The highest BCUT2D eigenvalue weighted by molar-refractivity contribution is 5.70. The van der Waals surface area contributed by atoms with Crippen molar-refractivity contribution in [3.05, 3.63) is 24.3 Å². The molecule has 1 aliphatic rings. The van der Waals surface area contributed by atoms with E-state index in [1.165, 1.54) is 19.3 Å². The predicted octanol–water partition coefficient (Wildman–Crippen LogP) is 2.31. The molecule has 0 amide bonds. The van der Waals surface area contributed by atoms with Gasteiger partial charge in [-0.3, -0.25) is 0 Å². The molecular formula is C13H16N4O. The number of para-hydroxylation sites is 1. The summed E-state index contributed by atoms with van der Waals surface area (Å²) in [5.74, 6) is 0.494. The molecule has 0 unspecified atom stereocenters. The fraction of sp³-hybridized carbons (Fsp3) is 0.385. The Balaban J connectivity index is 1.87. The second-order valence-electron chi connectivity index (χ2n) is 4.52. The molecule has 0 radical (unpaired) electrons. The molecule has 3 rings (SSSR count). The zero-order valence-electron chi connectivity index (χ0n) is 10.2. The zero-order valence-corrected chi connectivity index (χ0v) is 10.2. The molecule has 5 nitrogen and oxygen atoms in total. The number of hydrogen-bond donors (Lipinski definition) is 1. The van der Waals surface area contributed by atoms with Crippen molar-refractivity contribution in [3.8, 4) is 11.5 Å². The van der Waals surface area contributed by atoms with Crippen LogP contribution >= 0.6 is 0 Å². The fourth-order valence-corrected chi connectivity index (χ4v) is 2.23. The molecule has 5 heteroatoms. The molecule has 1 saturated heterocycles. The lowest BCUT2D eigenvalue weighted by Crippen LogP contribution is -2.29.